The van der Waals surface area contributed by atoms with Gasteiger partial charge in [-0.3, -0.25) is 9.59 Å². The summed E-state index contributed by atoms with van der Waals surface area (Å²) in [5, 5.41) is 4.83. The number of nitrogens with zero attached hydrogens (tertiary/aromatic N) is 1. The summed E-state index contributed by atoms with van der Waals surface area (Å²) in [6.07, 6.45) is 1.32. The van der Waals surface area contributed by atoms with Gasteiger partial charge in [-0.15, -0.1) is 11.3 Å². The highest BCUT2D eigenvalue weighted by atomic mass is 32.1. The summed E-state index contributed by atoms with van der Waals surface area (Å²) in [5.41, 5.74) is 6.06. The molecule has 0 saturated carbocycles. The Labute approximate surface area is 117 Å². The quantitative estimate of drug-likeness (QED) is 0.752. The summed E-state index contributed by atoms with van der Waals surface area (Å²) in [7, 11) is 0. The van der Waals surface area contributed by atoms with E-state index in [0.29, 0.717) is 29.7 Å². The van der Waals surface area contributed by atoms with Gasteiger partial charge in [0.05, 0.1) is 0 Å². The molecule has 3 N–H and O–H groups in total. The molecule has 0 radical (unpaired) electrons. The molecule has 1 aromatic heterocycles. The van der Waals surface area contributed by atoms with Crippen LogP contribution < -0.4 is 11.1 Å². The lowest BCUT2D eigenvalue weighted by atomic mass is 9.94. The lowest BCUT2D eigenvalue weighted by Gasteiger charge is -2.15. The Morgan fingerprint density at radius 2 is 2.16 bits per heavy atom. The predicted octanol–water partition coefficient (Wildman–Crippen LogP) is 2.30. The number of nitrogens with one attached hydrogen (secondary N) is 1. The summed E-state index contributed by atoms with van der Waals surface area (Å²) in [6.45, 7) is 6.18. The van der Waals surface area contributed by atoms with E-state index in [-0.39, 0.29) is 17.6 Å². The number of anilines is 1. The Kier molecular flexibility index (Phi) is 6.11. The fourth-order valence-corrected chi connectivity index (χ4v) is 2.62. The van der Waals surface area contributed by atoms with Gasteiger partial charge in [-0.25, -0.2) is 4.98 Å². The number of aromatic nitrogens is 1. The Bertz CT molecular complexity index is 443. The van der Waals surface area contributed by atoms with E-state index in [2.05, 4.69) is 24.1 Å². The normalized spacial score (nSPS) is 12.5. The maximum absolute atomic E-state index is 11.9. The highest BCUT2D eigenvalue weighted by molar-refractivity contribution is 7.14. The van der Waals surface area contributed by atoms with Crippen LogP contribution in [0.25, 0.3) is 0 Å². The molecule has 0 spiro atoms. The zero-order chi connectivity index (χ0) is 14.4. The van der Waals surface area contributed by atoms with E-state index in [0.717, 1.165) is 6.42 Å². The average Bonchev–Trinajstić information content (AvgIpc) is 2.75. The van der Waals surface area contributed by atoms with Crippen LogP contribution in [0.3, 0.4) is 0 Å². The lowest BCUT2D eigenvalue weighted by Crippen LogP contribution is -2.23. The number of ketones is 1. The second kappa shape index (κ2) is 7.35. The third kappa shape index (κ3) is 5.48. The van der Waals surface area contributed by atoms with Crippen LogP contribution in [0.4, 0.5) is 5.13 Å². The third-order valence-corrected chi connectivity index (χ3v) is 3.48. The zero-order valence-electron chi connectivity index (χ0n) is 11.6. The number of Topliss-reactive ketones (excluding diaryl/α,β-unsaturated/α-hetero) is 1. The molecule has 1 rings (SSSR count). The molecule has 1 heterocycles. The number of carbonyl (C=O) groups excluding carboxylic acids is 2. The fraction of sp³-hybridized carbons (Fsp3) is 0.615. The highest BCUT2D eigenvalue weighted by Gasteiger charge is 2.15. The maximum atomic E-state index is 11.9. The van der Waals surface area contributed by atoms with E-state index in [1.54, 1.807) is 5.38 Å². The highest BCUT2D eigenvalue weighted by Crippen LogP contribution is 2.18. The zero-order valence-corrected chi connectivity index (χ0v) is 12.4. The molecular weight excluding hydrogens is 262 g/mol. The summed E-state index contributed by atoms with van der Waals surface area (Å²) in [6, 6.07) is 0. The molecule has 0 aliphatic heterocycles. The van der Waals surface area contributed by atoms with Crippen LogP contribution in [0.1, 0.15) is 44.1 Å². The van der Waals surface area contributed by atoms with Crippen molar-refractivity contribution in [3.05, 3.63) is 11.1 Å². The number of amides is 1. The van der Waals surface area contributed by atoms with Crippen molar-refractivity contribution in [3.63, 3.8) is 0 Å². The summed E-state index contributed by atoms with van der Waals surface area (Å²) < 4.78 is 0. The average molecular weight is 283 g/mol. The van der Waals surface area contributed by atoms with Gasteiger partial charge in [-0.2, -0.15) is 0 Å². The first kappa shape index (κ1) is 15.8. The fourth-order valence-electron chi connectivity index (χ4n) is 1.85. The van der Waals surface area contributed by atoms with Crippen molar-refractivity contribution < 1.29 is 9.59 Å². The first-order chi connectivity index (χ1) is 8.92. The van der Waals surface area contributed by atoms with E-state index < -0.39 is 0 Å². The van der Waals surface area contributed by atoms with Crippen LogP contribution >= 0.6 is 11.3 Å². The molecule has 1 amide bonds. The van der Waals surface area contributed by atoms with Crippen molar-refractivity contribution in [2.24, 2.45) is 17.6 Å². The van der Waals surface area contributed by atoms with Gasteiger partial charge < -0.3 is 11.1 Å². The Hall–Kier alpha value is -1.27. The van der Waals surface area contributed by atoms with E-state index in [9.17, 15) is 9.59 Å². The van der Waals surface area contributed by atoms with Crippen LogP contribution in [0.5, 0.6) is 0 Å². The molecule has 106 valence electrons. The van der Waals surface area contributed by atoms with Gasteiger partial charge in [0, 0.05) is 18.7 Å². The first-order valence-corrected chi connectivity index (χ1v) is 7.26. The molecule has 0 bridgehead atoms. The molecule has 0 aliphatic carbocycles. The summed E-state index contributed by atoms with van der Waals surface area (Å²) in [5.74, 6) is 0.509. The van der Waals surface area contributed by atoms with Gasteiger partial charge in [0.15, 0.2) is 10.9 Å². The molecule has 1 atom stereocenters. The van der Waals surface area contributed by atoms with E-state index in [1.165, 1.54) is 18.3 Å². The number of rotatable bonds is 7. The Morgan fingerprint density at radius 1 is 1.47 bits per heavy atom. The first-order valence-electron chi connectivity index (χ1n) is 6.38. The van der Waals surface area contributed by atoms with Crippen LogP contribution in [0.2, 0.25) is 0 Å². The van der Waals surface area contributed by atoms with Gasteiger partial charge in [-0.1, -0.05) is 13.8 Å². The minimum absolute atomic E-state index is 0.0967. The van der Waals surface area contributed by atoms with Crippen LogP contribution in [-0.4, -0.2) is 23.2 Å². The monoisotopic (exact) mass is 283 g/mol. The molecule has 0 fully saturated rings. The molecule has 0 saturated heterocycles. The van der Waals surface area contributed by atoms with Gasteiger partial charge in [-0.05, 0) is 24.8 Å². The van der Waals surface area contributed by atoms with Gasteiger partial charge in [0.25, 0.3) is 0 Å². The molecule has 0 aromatic carbocycles. The predicted molar refractivity (Wildman–Crippen MR) is 77.4 cm³/mol. The second-order valence-corrected chi connectivity index (χ2v) is 5.94. The largest absolute Gasteiger partial charge is 0.330 e. The topological polar surface area (TPSA) is 85.1 Å². The number of hydrogen-bond donors (Lipinski definition) is 2. The third-order valence-electron chi connectivity index (χ3n) is 2.72. The van der Waals surface area contributed by atoms with Crippen LogP contribution in [0.15, 0.2) is 5.38 Å². The Balaban J connectivity index is 2.51. The van der Waals surface area contributed by atoms with Crippen molar-refractivity contribution in [1.82, 2.24) is 4.98 Å². The molecule has 0 unspecified atom stereocenters. The van der Waals surface area contributed by atoms with Crippen molar-refractivity contribution in [2.45, 2.75) is 33.6 Å². The SMILES string of the molecule is CC(=O)c1csc(NC(=O)C[C@@H](CN)CC(C)C)n1. The summed E-state index contributed by atoms with van der Waals surface area (Å²) >= 11 is 1.26. The van der Waals surface area contributed by atoms with Crippen LogP contribution in [0, 0.1) is 11.8 Å². The molecule has 1 aromatic rings. The minimum Gasteiger partial charge on any atom is -0.330 e. The van der Waals surface area contributed by atoms with E-state index in [1.807, 2.05) is 0 Å². The minimum atomic E-state index is -0.101. The molecule has 5 nitrogen and oxygen atoms in total. The molecular formula is C13H21N3O2S. The summed E-state index contributed by atoms with van der Waals surface area (Å²) in [4.78, 5) is 27.0. The molecule has 0 aliphatic rings. The van der Waals surface area contributed by atoms with Crippen LogP contribution in [-0.2, 0) is 4.79 Å². The van der Waals surface area contributed by atoms with Crippen molar-refractivity contribution in [1.29, 1.82) is 0 Å². The molecule has 6 heteroatoms. The maximum Gasteiger partial charge on any atom is 0.226 e. The van der Waals surface area contributed by atoms with Crippen molar-refractivity contribution >= 4 is 28.2 Å². The smallest absolute Gasteiger partial charge is 0.226 e. The standard InChI is InChI=1S/C13H21N3O2S/c1-8(2)4-10(6-14)5-12(18)16-13-15-11(7-19-13)9(3)17/h7-8,10H,4-6,14H2,1-3H3,(H,15,16,18)/t10-/m0/s1. The Morgan fingerprint density at radius 3 is 2.63 bits per heavy atom. The number of hydrogen-bond acceptors (Lipinski definition) is 5. The number of carbonyl (C=O) groups is 2. The van der Waals surface area contributed by atoms with E-state index in [4.69, 9.17) is 5.73 Å². The van der Waals surface area contributed by atoms with Crippen molar-refractivity contribution in [2.75, 3.05) is 11.9 Å². The van der Waals surface area contributed by atoms with Gasteiger partial charge in [0.1, 0.15) is 5.69 Å². The van der Waals surface area contributed by atoms with Gasteiger partial charge >= 0.3 is 0 Å². The number of thiazole rings is 1. The van der Waals surface area contributed by atoms with E-state index >= 15 is 0 Å². The molecule has 19 heavy (non-hydrogen) atoms. The number of nitrogens with two attached hydrogens (primary N) is 1. The lowest BCUT2D eigenvalue weighted by molar-refractivity contribution is -0.117. The second-order valence-electron chi connectivity index (χ2n) is 5.08. The van der Waals surface area contributed by atoms with Gasteiger partial charge in [0.2, 0.25) is 5.91 Å². The van der Waals surface area contributed by atoms with Crippen molar-refractivity contribution in [3.8, 4) is 0 Å².